The predicted molar refractivity (Wildman–Crippen MR) is 79.3 cm³/mol. The van der Waals surface area contributed by atoms with Gasteiger partial charge >= 0.3 is 0 Å². The summed E-state index contributed by atoms with van der Waals surface area (Å²) < 4.78 is 6.86. The number of imidazole rings is 1. The molecule has 6 heteroatoms. The quantitative estimate of drug-likeness (QED) is 0.789. The third-order valence-electron chi connectivity index (χ3n) is 3.07. The first kappa shape index (κ1) is 14.1. The molecule has 0 amide bonds. The zero-order valence-corrected chi connectivity index (χ0v) is 11.9. The predicted octanol–water partition coefficient (Wildman–Crippen LogP) is 2.40. The van der Waals surface area contributed by atoms with Crippen molar-refractivity contribution < 1.29 is 4.74 Å². The van der Waals surface area contributed by atoms with Crippen molar-refractivity contribution in [1.29, 1.82) is 0 Å². The van der Waals surface area contributed by atoms with Crippen LogP contribution in [0.3, 0.4) is 0 Å². The van der Waals surface area contributed by atoms with Gasteiger partial charge in [0.2, 0.25) is 0 Å². The minimum atomic E-state index is -0.0971. The van der Waals surface area contributed by atoms with Crippen molar-refractivity contribution in [3.63, 3.8) is 0 Å². The Balaban J connectivity index is 0.00000147. The summed E-state index contributed by atoms with van der Waals surface area (Å²) >= 11 is 0. The normalized spacial score (nSPS) is 10.3. The van der Waals surface area contributed by atoms with Gasteiger partial charge in [-0.2, -0.15) is 0 Å². The number of hydrogen-bond donors (Lipinski definition) is 1. The van der Waals surface area contributed by atoms with E-state index < -0.39 is 0 Å². The number of ether oxygens (including phenoxy) is 1. The number of hydrogen-bond acceptors (Lipinski definition) is 3. The van der Waals surface area contributed by atoms with Crippen molar-refractivity contribution in [1.82, 2.24) is 14.5 Å². The molecule has 0 atom stereocenters. The van der Waals surface area contributed by atoms with Crippen LogP contribution in [0.25, 0.3) is 17.1 Å². The summed E-state index contributed by atoms with van der Waals surface area (Å²) in [6.45, 7) is 1.71. The van der Waals surface area contributed by atoms with Crippen LogP contribution in [0, 0.1) is 6.92 Å². The number of H-pyrrole nitrogens is 1. The number of aromatic amines is 1. The van der Waals surface area contributed by atoms with Crippen LogP contribution in [-0.2, 0) is 0 Å². The first-order chi connectivity index (χ1) is 9.20. The maximum Gasteiger partial charge on any atom is 0.277 e. The summed E-state index contributed by atoms with van der Waals surface area (Å²) in [6, 6.07) is 7.64. The molecule has 0 aliphatic carbocycles. The monoisotopic (exact) mass is 291 g/mol. The van der Waals surface area contributed by atoms with Crippen LogP contribution in [0.15, 0.2) is 41.5 Å². The zero-order chi connectivity index (χ0) is 13.4. The summed E-state index contributed by atoms with van der Waals surface area (Å²) in [7, 11) is 1.62. The highest BCUT2D eigenvalue weighted by Gasteiger charge is 2.13. The Kier molecular flexibility index (Phi) is 3.81. The number of benzene rings is 1. The van der Waals surface area contributed by atoms with Crippen LogP contribution < -0.4 is 10.3 Å². The maximum absolute atomic E-state index is 11.9. The Labute approximate surface area is 122 Å². The molecule has 2 aliphatic heterocycles. The lowest BCUT2D eigenvalue weighted by molar-refractivity contribution is 0.416. The van der Waals surface area contributed by atoms with E-state index in [0.29, 0.717) is 11.5 Å². The summed E-state index contributed by atoms with van der Waals surface area (Å²) in [4.78, 5) is 19.2. The Bertz CT molecular complexity index is 763. The van der Waals surface area contributed by atoms with E-state index in [1.54, 1.807) is 26.4 Å². The van der Waals surface area contributed by atoms with E-state index in [1.807, 2.05) is 24.3 Å². The average molecular weight is 292 g/mol. The number of nitrogens with zero attached hydrogens (tertiary/aromatic N) is 2. The Morgan fingerprint density at radius 1 is 1.30 bits per heavy atom. The zero-order valence-electron chi connectivity index (χ0n) is 11.1. The van der Waals surface area contributed by atoms with Gasteiger partial charge in [0.05, 0.1) is 12.8 Å². The molecule has 0 fully saturated rings. The molecule has 20 heavy (non-hydrogen) atoms. The number of aryl methyl sites for hydroxylation is 1. The second-order valence-electron chi connectivity index (χ2n) is 4.26. The van der Waals surface area contributed by atoms with Gasteiger partial charge in [-0.25, -0.2) is 4.98 Å². The van der Waals surface area contributed by atoms with Crippen LogP contribution in [-0.4, -0.2) is 21.6 Å². The average Bonchev–Trinajstić information content (AvgIpc) is 2.74. The van der Waals surface area contributed by atoms with E-state index >= 15 is 0 Å². The summed E-state index contributed by atoms with van der Waals surface area (Å²) in [5.41, 5.74) is 2.10. The van der Waals surface area contributed by atoms with E-state index in [-0.39, 0.29) is 18.0 Å². The van der Waals surface area contributed by atoms with Crippen LogP contribution in [0.5, 0.6) is 5.75 Å². The van der Waals surface area contributed by atoms with Gasteiger partial charge in [0.25, 0.3) is 5.56 Å². The Hall–Kier alpha value is -2.27. The number of aromatic nitrogens is 3. The third kappa shape index (κ3) is 2.16. The molecule has 0 aromatic heterocycles. The highest BCUT2D eigenvalue weighted by molar-refractivity contribution is 5.85. The molecule has 104 valence electrons. The van der Waals surface area contributed by atoms with Gasteiger partial charge < -0.3 is 9.72 Å². The fourth-order valence-electron chi connectivity index (χ4n) is 2.10. The molecule has 2 aliphatic rings. The second kappa shape index (κ2) is 5.38. The number of halogens is 1. The van der Waals surface area contributed by atoms with Gasteiger partial charge in [0.1, 0.15) is 11.4 Å². The van der Waals surface area contributed by atoms with Gasteiger partial charge in [-0.1, -0.05) is 12.1 Å². The van der Waals surface area contributed by atoms with Crippen molar-refractivity contribution in [2.75, 3.05) is 7.11 Å². The molecule has 3 rings (SSSR count). The molecule has 1 aromatic rings. The number of rotatable bonds is 2. The molecule has 2 heterocycles. The molecule has 0 radical (unpaired) electrons. The Morgan fingerprint density at radius 2 is 2.05 bits per heavy atom. The van der Waals surface area contributed by atoms with Gasteiger partial charge in [-0.3, -0.25) is 9.36 Å². The minimum absolute atomic E-state index is 0. The van der Waals surface area contributed by atoms with Crippen molar-refractivity contribution in [3.05, 3.63) is 52.7 Å². The summed E-state index contributed by atoms with van der Waals surface area (Å²) in [5, 5.41) is 0. The third-order valence-corrected chi connectivity index (χ3v) is 3.07. The highest BCUT2D eigenvalue weighted by atomic mass is 35.5. The van der Waals surface area contributed by atoms with Gasteiger partial charge in [0, 0.05) is 18.0 Å². The number of nitrogens with one attached hydrogen (secondary N) is 1. The largest absolute Gasteiger partial charge is 0.496 e. The summed E-state index contributed by atoms with van der Waals surface area (Å²) in [6.07, 6.45) is 3.46. The fraction of sp³-hybridized carbons (Fsp3) is 0.143. The first-order valence-electron chi connectivity index (χ1n) is 5.91. The molecule has 1 N–H and O–H groups in total. The van der Waals surface area contributed by atoms with Crippen LogP contribution in [0.4, 0.5) is 0 Å². The van der Waals surface area contributed by atoms with Crippen LogP contribution in [0.1, 0.15) is 5.69 Å². The van der Waals surface area contributed by atoms with Crippen molar-refractivity contribution in [2.45, 2.75) is 6.92 Å². The highest BCUT2D eigenvalue weighted by Crippen LogP contribution is 2.28. The fourth-order valence-corrected chi connectivity index (χ4v) is 2.10. The van der Waals surface area contributed by atoms with E-state index in [2.05, 4.69) is 9.97 Å². The molecule has 0 saturated carbocycles. The molecular formula is C14H14ClN3O2. The second-order valence-corrected chi connectivity index (χ2v) is 4.26. The van der Waals surface area contributed by atoms with E-state index in [0.717, 1.165) is 17.0 Å². The van der Waals surface area contributed by atoms with Gasteiger partial charge in [-0.15, -0.1) is 12.4 Å². The molecule has 5 nitrogen and oxygen atoms in total. The van der Waals surface area contributed by atoms with E-state index in [4.69, 9.17) is 4.74 Å². The molecule has 1 aromatic carbocycles. The van der Waals surface area contributed by atoms with Crippen LogP contribution >= 0.6 is 12.4 Å². The van der Waals surface area contributed by atoms with Crippen LogP contribution in [0.2, 0.25) is 0 Å². The Morgan fingerprint density at radius 3 is 2.80 bits per heavy atom. The lowest BCUT2D eigenvalue weighted by atomic mass is 10.1. The lowest BCUT2D eigenvalue weighted by Gasteiger charge is -2.10. The number of fused-ring (bicyclic) bond motifs is 1. The summed E-state index contributed by atoms with van der Waals surface area (Å²) in [5.74, 6) is 1.36. The van der Waals surface area contributed by atoms with Crippen molar-refractivity contribution in [3.8, 4) is 22.8 Å². The minimum Gasteiger partial charge on any atom is -0.496 e. The standard InChI is InChI=1S/C14H13N3O2.ClH/c1-9-14(18)17-8-11(15-7-13(17)16-9)10-5-3-4-6-12(10)19-2;/h3-8,15H,1-2H3;1H. The molecular weight excluding hydrogens is 278 g/mol. The topological polar surface area (TPSA) is 59.9 Å². The lowest BCUT2D eigenvalue weighted by Crippen LogP contribution is -2.13. The van der Waals surface area contributed by atoms with Gasteiger partial charge in [0.15, 0.2) is 5.82 Å². The van der Waals surface area contributed by atoms with Gasteiger partial charge in [-0.05, 0) is 19.1 Å². The number of methoxy groups -OCH3 is 1. The van der Waals surface area contributed by atoms with E-state index in [9.17, 15) is 4.79 Å². The SMILES string of the molecule is COc1ccccc1-c1cn2c(=O)c(C)nc-2c[nH]1.Cl. The smallest absolute Gasteiger partial charge is 0.277 e. The molecule has 0 saturated heterocycles. The maximum atomic E-state index is 11.9. The van der Waals surface area contributed by atoms with E-state index in [1.165, 1.54) is 4.57 Å². The molecule has 0 unspecified atom stereocenters. The molecule has 0 bridgehead atoms. The first-order valence-corrected chi connectivity index (χ1v) is 5.91. The molecule has 0 spiro atoms. The van der Waals surface area contributed by atoms with Crippen molar-refractivity contribution in [2.24, 2.45) is 0 Å². The van der Waals surface area contributed by atoms with Crippen molar-refractivity contribution >= 4 is 12.4 Å². The number of para-hydroxylation sites is 1.